The van der Waals surface area contributed by atoms with Gasteiger partial charge in [-0.3, -0.25) is 0 Å². The molecule has 0 amide bonds. The molecule has 0 aromatic rings. The monoisotopic (exact) mass is 237 g/mol. The quantitative estimate of drug-likeness (QED) is 0.209. The molecular formula is C8H19N3O3S. The van der Waals surface area contributed by atoms with Gasteiger partial charge in [0.05, 0.1) is 4.75 Å². The van der Waals surface area contributed by atoms with Crippen molar-refractivity contribution in [1.29, 1.82) is 0 Å². The van der Waals surface area contributed by atoms with Gasteiger partial charge in [-0.05, 0) is 27.2 Å². The van der Waals surface area contributed by atoms with Crippen molar-refractivity contribution in [3.8, 4) is 0 Å². The fourth-order valence-corrected chi connectivity index (χ4v) is 1.59. The molecule has 0 unspecified atom stereocenters. The van der Waals surface area contributed by atoms with Gasteiger partial charge in [-0.2, -0.15) is 0 Å². The van der Waals surface area contributed by atoms with Crippen molar-refractivity contribution in [3.05, 3.63) is 0 Å². The molecule has 6 nitrogen and oxygen atoms in total. The maximum atomic E-state index is 11.5. The summed E-state index contributed by atoms with van der Waals surface area (Å²) in [4.78, 5) is 0. The smallest absolute Gasteiger partial charge is 0.216 e. The zero-order valence-corrected chi connectivity index (χ0v) is 10.1. The maximum absolute atomic E-state index is 11.5. The highest BCUT2D eigenvalue weighted by atomic mass is 32.2. The molecule has 0 radical (unpaired) electrons. The number of rotatable bonds is 5. The van der Waals surface area contributed by atoms with Crippen molar-refractivity contribution in [2.75, 3.05) is 6.54 Å². The van der Waals surface area contributed by atoms with Crippen LogP contribution in [0, 0.1) is 0 Å². The Balaban J connectivity index is 3.99. The summed E-state index contributed by atoms with van der Waals surface area (Å²) in [6.45, 7) is 5.16. The van der Waals surface area contributed by atoms with E-state index in [1.165, 1.54) is 0 Å². The van der Waals surface area contributed by atoms with Crippen LogP contribution in [0.15, 0.2) is 5.16 Å². The summed E-state index contributed by atoms with van der Waals surface area (Å²) in [7, 11) is -3.30. The minimum absolute atomic E-state index is 0.102. The molecular weight excluding hydrogens is 218 g/mol. The third-order valence-electron chi connectivity index (χ3n) is 1.84. The molecule has 7 heteroatoms. The topological polar surface area (TPSA) is 105 Å². The fraction of sp³-hybridized carbons (Fsp3) is 0.875. The van der Waals surface area contributed by atoms with Gasteiger partial charge < -0.3 is 10.9 Å². The molecule has 4 N–H and O–H groups in total. The average Bonchev–Trinajstić information content (AvgIpc) is 2.10. The lowest BCUT2D eigenvalue weighted by atomic mass is 10.3. The lowest BCUT2D eigenvalue weighted by Gasteiger charge is -2.19. The molecule has 0 aliphatic rings. The molecule has 0 aliphatic heterocycles. The van der Waals surface area contributed by atoms with E-state index in [1.807, 2.05) is 0 Å². The number of nitrogens with one attached hydrogen (secondary N) is 1. The molecule has 0 spiro atoms. The molecule has 0 aromatic heterocycles. The first kappa shape index (κ1) is 14.2. The zero-order valence-electron chi connectivity index (χ0n) is 9.32. The van der Waals surface area contributed by atoms with Gasteiger partial charge in [-0.15, -0.1) is 0 Å². The van der Waals surface area contributed by atoms with Crippen LogP contribution in [0.1, 0.15) is 33.6 Å². The minimum atomic E-state index is -3.30. The molecule has 0 bridgehead atoms. The third kappa shape index (κ3) is 4.98. The van der Waals surface area contributed by atoms with E-state index in [0.717, 1.165) is 0 Å². The fourth-order valence-electron chi connectivity index (χ4n) is 0.743. The summed E-state index contributed by atoms with van der Waals surface area (Å²) < 4.78 is 24.7. The Morgan fingerprint density at radius 3 is 2.40 bits per heavy atom. The summed E-state index contributed by atoms with van der Waals surface area (Å²) in [5, 5.41) is 11.0. The lowest BCUT2D eigenvalue weighted by Crippen LogP contribution is -2.39. The van der Waals surface area contributed by atoms with Crippen LogP contribution in [0.25, 0.3) is 0 Å². The predicted molar refractivity (Wildman–Crippen MR) is 59.3 cm³/mol. The standard InChI is InChI=1S/C8H19N3O3S/c1-8(2,3)15(13,14)10-6-4-5-7(9)11-12/h10,12H,4-6H2,1-3H3,(H2,9,11). The van der Waals surface area contributed by atoms with Gasteiger partial charge >= 0.3 is 0 Å². The largest absolute Gasteiger partial charge is 0.409 e. The van der Waals surface area contributed by atoms with E-state index in [1.54, 1.807) is 20.8 Å². The molecule has 0 saturated carbocycles. The second kappa shape index (κ2) is 5.32. The first-order valence-corrected chi connectivity index (χ1v) is 6.14. The van der Waals surface area contributed by atoms with Crippen LogP contribution < -0.4 is 10.5 Å². The minimum Gasteiger partial charge on any atom is -0.409 e. The number of hydrogen-bond acceptors (Lipinski definition) is 4. The van der Waals surface area contributed by atoms with Crippen LogP contribution in [0.3, 0.4) is 0 Å². The molecule has 0 aliphatic carbocycles. The Morgan fingerprint density at radius 1 is 1.47 bits per heavy atom. The van der Waals surface area contributed by atoms with Crippen LogP contribution >= 0.6 is 0 Å². The van der Waals surface area contributed by atoms with Gasteiger partial charge in [0.2, 0.25) is 10.0 Å². The Labute approximate surface area is 90.6 Å². The Bertz CT molecular complexity index is 317. The predicted octanol–water partition coefficient (Wildman–Crippen LogP) is 0.231. The molecule has 0 fully saturated rings. The molecule has 15 heavy (non-hydrogen) atoms. The highest BCUT2D eigenvalue weighted by Gasteiger charge is 2.27. The molecule has 0 atom stereocenters. The first-order chi connectivity index (χ1) is 6.70. The van der Waals surface area contributed by atoms with E-state index in [0.29, 0.717) is 12.8 Å². The van der Waals surface area contributed by atoms with Crippen LogP contribution in [0.5, 0.6) is 0 Å². The van der Waals surface area contributed by atoms with E-state index in [2.05, 4.69) is 9.88 Å². The molecule has 0 rings (SSSR count). The van der Waals surface area contributed by atoms with Gasteiger partial charge in [0, 0.05) is 13.0 Å². The molecule has 0 aromatic carbocycles. The second-order valence-electron chi connectivity index (χ2n) is 4.21. The number of hydrogen-bond donors (Lipinski definition) is 3. The summed E-state index contributed by atoms with van der Waals surface area (Å²) in [6.07, 6.45) is 0.869. The third-order valence-corrected chi connectivity index (χ3v) is 4.03. The molecule has 0 heterocycles. The van der Waals surface area contributed by atoms with Gasteiger partial charge in [0.1, 0.15) is 5.84 Å². The second-order valence-corrected chi connectivity index (χ2v) is 6.73. The summed E-state index contributed by atoms with van der Waals surface area (Å²) in [5.41, 5.74) is 5.23. The number of nitrogens with zero attached hydrogens (tertiary/aromatic N) is 1. The Hall–Kier alpha value is -0.820. The van der Waals surface area contributed by atoms with Crippen molar-refractivity contribution < 1.29 is 13.6 Å². The zero-order chi connectivity index (χ0) is 12.1. The number of sulfonamides is 1. The average molecular weight is 237 g/mol. The van der Waals surface area contributed by atoms with Crippen LogP contribution in [-0.4, -0.2) is 30.8 Å². The SMILES string of the molecule is CC(C)(C)S(=O)(=O)NCCCC(N)=NO. The number of oxime groups is 1. The lowest BCUT2D eigenvalue weighted by molar-refractivity contribution is 0.316. The highest BCUT2D eigenvalue weighted by molar-refractivity contribution is 7.90. The highest BCUT2D eigenvalue weighted by Crippen LogP contribution is 2.12. The van der Waals surface area contributed by atoms with Gasteiger partial charge in [-0.25, -0.2) is 13.1 Å². The van der Waals surface area contributed by atoms with Gasteiger partial charge in [-0.1, -0.05) is 5.16 Å². The molecule has 90 valence electrons. The maximum Gasteiger partial charge on any atom is 0.216 e. The van der Waals surface area contributed by atoms with Crippen molar-refractivity contribution in [2.24, 2.45) is 10.9 Å². The van der Waals surface area contributed by atoms with E-state index < -0.39 is 14.8 Å². The van der Waals surface area contributed by atoms with E-state index >= 15 is 0 Å². The number of amidine groups is 1. The summed E-state index contributed by atoms with van der Waals surface area (Å²) in [5.74, 6) is 0.102. The first-order valence-electron chi connectivity index (χ1n) is 4.66. The van der Waals surface area contributed by atoms with Crippen LogP contribution in [0.2, 0.25) is 0 Å². The Morgan fingerprint density at radius 2 is 2.00 bits per heavy atom. The Kier molecular flexibility index (Phi) is 5.02. The van der Waals surface area contributed by atoms with Gasteiger partial charge in [0.15, 0.2) is 0 Å². The number of nitrogens with two attached hydrogens (primary N) is 1. The van der Waals surface area contributed by atoms with E-state index in [-0.39, 0.29) is 12.4 Å². The van der Waals surface area contributed by atoms with Crippen molar-refractivity contribution >= 4 is 15.9 Å². The van der Waals surface area contributed by atoms with Crippen LogP contribution in [-0.2, 0) is 10.0 Å². The summed E-state index contributed by atoms with van der Waals surface area (Å²) >= 11 is 0. The van der Waals surface area contributed by atoms with Gasteiger partial charge in [0.25, 0.3) is 0 Å². The van der Waals surface area contributed by atoms with E-state index in [9.17, 15) is 8.42 Å². The van der Waals surface area contributed by atoms with Crippen molar-refractivity contribution in [1.82, 2.24) is 4.72 Å². The van der Waals surface area contributed by atoms with Crippen LogP contribution in [0.4, 0.5) is 0 Å². The normalized spacial score (nSPS) is 14.2. The summed E-state index contributed by atoms with van der Waals surface area (Å²) in [6, 6.07) is 0. The van der Waals surface area contributed by atoms with Crippen molar-refractivity contribution in [3.63, 3.8) is 0 Å². The molecule has 0 saturated heterocycles. The van der Waals surface area contributed by atoms with Crippen molar-refractivity contribution in [2.45, 2.75) is 38.4 Å². The van der Waals surface area contributed by atoms with E-state index in [4.69, 9.17) is 10.9 Å².